The Kier molecular flexibility index (Phi) is 6.95. The Morgan fingerprint density at radius 3 is 2.77 bits per heavy atom. The van der Waals surface area contributed by atoms with Crippen LogP contribution in [0.5, 0.6) is 0 Å². The van der Waals surface area contributed by atoms with Crippen LogP contribution in [0.4, 0.5) is 0 Å². The summed E-state index contributed by atoms with van der Waals surface area (Å²) in [7, 11) is 3.85. The van der Waals surface area contributed by atoms with Crippen LogP contribution in [0.2, 0.25) is 0 Å². The molecule has 0 saturated heterocycles. The van der Waals surface area contributed by atoms with Crippen LogP contribution < -0.4 is 0 Å². The Labute approximate surface area is 81.4 Å². The van der Waals surface area contributed by atoms with E-state index in [2.05, 4.69) is 29.8 Å². The summed E-state index contributed by atoms with van der Waals surface area (Å²) in [6, 6.07) is 0. The van der Waals surface area contributed by atoms with Crippen molar-refractivity contribution in [1.82, 2.24) is 4.90 Å². The fourth-order valence-corrected chi connectivity index (χ4v) is 0.937. The van der Waals surface area contributed by atoms with Gasteiger partial charge in [0.05, 0.1) is 0 Å². The highest BCUT2D eigenvalue weighted by molar-refractivity contribution is 5.78. The van der Waals surface area contributed by atoms with Crippen LogP contribution in [0.1, 0.15) is 13.3 Å². The molecule has 0 unspecified atom stereocenters. The van der Waals surface area contributed by atoms with E-state index in [0.29, 0.717) is 6.42 Å². The van der Waals surface area contributed by atoms with Crippen molar-refractivity contribution in [3.8, 4) is 12.3 Å². The third-order valence-corrected chi connectivity index (χ3v) is 1.77. The van der Waals surface area contributed by atoms with Gasteiger partial charge in [0, 0.05) is 26.2 Å². The molecule has 0 aliphatic carbocycles. The second-order valence-corrected chi connectivity index (χ2v) is 2.90. The van der Waals surface area contributed by atoms with Crippen molar-refractivity contribution in [2.75, 3.05) is 27.2 Å². The van der Waals surface area contributed by atoms with E-state index in [1.807, 2.05) is 12.3 Å². The molecule has 0 saturated carbocycles. The summed E-state index contributed by atoms with van der Waals surface area (Å²) in [5, 5.41) is 0. The van der Waals surface area contributed by atoms with Crippen molar-refractivity contribution >= 4 is 6.21 Å². The van der Waals surface area contributed by atoms with E-state index < -0.39 is 0 Å². The minimum Gasteiger partial charge on any atom is -0.302 e. The minimum atomic E-state index is 0.679. The van der Waals surface area contributed by atoms with E-state index in [9.17, 15) is 0 Å². The molecule has 0 radical (unpaired) electrons. The van der Waals surface area contributed by atoms with Crippen LogP contribution in [-0.4, -0.2) is 38.3 Å². The molecule has 2 heteroatoms. The van der Waals surface area contributed by atoms with Gasteiger partial charge in [-0.05, 0) is 19.2 Å². The van der Waals surface area contributed by atoms with E-state index >= 15 is 0 Å². The van der Waals surface area contributed by atoms with Gasteiger partial charge in [-0.25, -0.2) is 0 Å². The summed E-state index contributed by atoms with van der Waals surface area (Å²) in [6.07, 6.45) is 9.77. The largest absolute Gasteiger partial charge is 0.302 e. The monoisotopic (exact) mass is 178 g/mol. The van der Waals surface area contributed by atoms with Crippen LogP contribution in [0.15, 0.2) is 16.6 Å². The zero-order chi connectivity index (χ0) is 10.1. The lowest BCUT2D eigenvalue weighted by Crippen LogP contribution is -2.20. The summed E-state index contributed by atoms with van der Waals surface area (Å²) in [6.45, 7) is 4.07. The Bertz CT molecular complexity index is 221. The molecular weight excluding hydrogens is 160 g/mol. The third kappa shape index (κ3) is 6.12. The van der Waals surface area contributed by atoms with Crippen LogP contribution in [0.25, 0.3) is 0 Å². The van der Waals surface area contributed by atoms with Crippen molar-refractivity contribution in [3.05, 3.63) is 11.6 Å². The molecule has 0 aromatic heterocycles. The van der Waals surface area contributed by atoms with Gasteiger partial charge in [0.1, 0.15) is 0 Å². The van der Waals surface area contributed by atoms with Gasteiger partial charge < -0.3 is 4.90 Å². The fraction of sp³-hybridized carbons (Fsp3) is 0.545. The number of allylic oxidation sites excluding steroid dienone is 1. The smallest absolute Gasteiger partial charge is 0.0277 e. The number of likely N-dealkylation sites (N-methyl/N-ethyl adjacent to an activating group) is 1. The Morgan fingerprint density at radius 2 is 2.31 bits per heavy atom. The zero-order valence-corrected chi connectivity index (χ0v) is 8.75. The first kappa shape index (κ1) is 11.9. The molecule has 0 atom stereocenters. The molecule has 0 aliphatic rings. The Morgan fingerprint density at radius 1 is 1.62 bits per heavy atom. The lowest BCUT2D eigenvalue weighted by molar-refractivity contribution is 0.388. The topological polar surface area (TPSA) is 15.6 Å². The molecule has 0 aromatic rings. The van der Waals surface area contributed by atoms with Crippen molar-refractivity contribution in [2.45, 2.75) is 13.3 Å². The molecule has 13 heavy (non-hydrogen) atoms. The highest BCUT2D eigenvalue weighted by Crippen LogP contribution is 1.96. The highest BCUT2D eigenvalue weighted by atomic mass is 15.1. The van der Waals surface area contributed by atoms with Gasteiger partial charge in [-0.15, -0.1) is 12.3 Å². The molecule has 2 nitrogen and oxygen atoms in total. The maximum absolute atomic E-state index is 5.18. The van der Waals surface area contributed by atoms with E-state index in [1.165, 1.54) is 5.57 Å². The predicted molar refractivity (Wildman–Crippen MR) is 59.1 cm³/mol. The molecule has 0 N–H and O–H groups in total. The standard InChI is InChI=1S/C11H18N2/c1-5-7-8-11(9-12-3)10-13(4)6-2/h1,8-9H,6-7,10H2,2-4H3/b11-8+,12-9?. The van der Waals surface area contributed by atoms with Gasteiger partial charge in [-0.1, -0.05) is 13.0 Å². The molecule has 0 spiro atoms. The molecule has 0 amide bonds. The average Bonchev–Trinajstić information content (AvgIpc) is 2.14. The number of hydrogen-bond donors (Lipinski definition) is 0. The van der Waals surface area contributed by atoms with Crippen LogP contribution in [0.3, 0.4) is 0 Å². The number of terminal acetylenes is 1. The van der Waals surface area contributed by atoms with Gasteiger partial charge in [0.15, 0.2) is 0 Å². The molecular formula is C11H18N2. The van der Waals surface area contributed by atoms with Crippen LogP contribution >= 0.6 is 0 Å². The minimum absolute atomic E-state index is 0.679. The van der Waals surface area contributed by atoms with E-state index in [0.717, 1.165) is 13.1 Å². The summed E-state index contributed by atoms with van der Waals surface area (Å²) in [4.78, 5) is 6.20. The Hall–Kier alpha value is -1.07. The second kappa shape index (κ2) is 7.57. The summed E-state index contributed by atoms with van der Waals surface area (Å²) in [5.41, 5.74) is 1.19. The van der Waals surface area contributed by atoms with Crippen LogP contribution in [0, 0.1) is 12.3 Å². The van der Waals surface area contributed by atoms with E-state index in [-0.39, 0.29) is 0 Å². The first-order valence-corrected chi connectivity index (χ1v) is 4.47. The molecule has 72 valence electrons. The lowest BCUT2D eigenvalue weighted by atomic mass is 10.2. The van der Waals surface area contributed by atoms with E-state index in [1.54, 1.807) is 7.05 Å². The Balaban J connectivity index is 4.18. The summed E-state index contributed by atoms with van der Waals surface area (Å²) >= 11 is 0. The fourth-order valence-electron chi connectivity index (χ4n) is 0.937. The number of nitrogens with zero attached hydrogens (tertiary/aromatic N) is 2. The molecule has 0 bridgehead atoms. The third-order valence-electron chi connectivity index (χ3n) is 1.77. The van der Waals surface area contributed by atoms with Crippen molar-refractivity contribution in [2.24, 2.45) is 4.99 Å². The lowest BCUT2D eigenvalue weighted by Gasteiger charge is -2.13. The van der Waals surface area contributed by atoms with Crippen molar-refractivity contribution < 1.29 is 0 Å². The first-order valence-electron chi connectivity index (χ1n) is 4.47. The summed E-state index contributed by atoms with van der Waals surface area (Å²) in [5.74, 6) is 2.59. The van der Waals surface area contributed by atoms with Gasteiger partial charge in [-0.3, -0.25) is 4.99 Å². The number of rotatable bonds is 5. The van der Waals surface area contributed by atoms with Crippen LogP contribution in [-0.2, 0) is 0 Å². The van der Waals surface area contributed by atoms with Gasteiger partial charge in [0.2, 0.25) is 0 Å². The average molecular weight is 178 g/mol. The summed E-state index contributed by atoms with van der Waals surface area (Å²) < 4.78 is 0. The normalized spacial score (nSPS) is 12.4. The maximum Gasteiger partial charge on any atom is 0.0277 e. The highest BCUT2D eigenvalue weighted by Gasteiger charge is 1.97. The van der Waals surface area contributed by atoms with Gasteiger partial charge in [0.25, 0.3) is 0 Å². The molecule has 0 aliphatic heterocycles. The molecule has 0 rings (SSSR count). The molecule has 0 aromatic carbocycles. The maximum atomic E-state index is 5.18. The first-order chi connectivity index (χ1) is 6.24. The van der Waals surface area contributed by atoms with E-state index in [4.69, 9.17) is 6.42 Å². The van der Waals surface area contributed by atoms with Gasteiger partial charge >= 0.3 is 0 Å². The molecule has 0 heterocycles. The quantitative estimate of drug-likeness (QED) is 0.461. The zero-order valence-electron chi connectivity index (χ0n) is 8.75. The predicted octanol–water partition coefficient (Wildman–Crippen LogP) is 1.59. The SMILES string of the molecule is C#CC/C=C(\C=NC)CN(C)CC. The van der Waals surface area contributed by atoms with Gasteiger partial charge in [-0.2, -0.15) is 0 Å². The van der Waals surface area contributed by atoms with Crippen molar-refractivity contribution in [3.63, 3.8) is 0 Å². The number of aliphatic imine (C=N–C) groups is 1. The number of hydrogen-bond acceptors (Lipinski definition) is 2. The molecule has 0 fully saturated rings. The van der Waals surface area contributed by atoms with Crippen molar-refractivity contribution in [1.29, 1.82) is 0 Å². The second-order valence-electron chi connectivity index (χ2n) is 2.90.